The van der Waals surface area contributed by atoms with Crippen molar-refractivity contribution in [2.45, 2.75) is 14.0 Å². The molecule has 4 aromatic rings. The fraction of sp³-hybridized carbons (Fsp3) is 0.0952. The quantitative estimate of drug-likeness (QED) is 0.477. The summed E-state index contributed by atoms with van der Waals surface area (Å²) in [7, 11) is 0. The number of anilines is 2. The summed E-state index contributed by atoms with van der Waals surface area (Å²) in [5.41, 5.74) is 18.6. The van der Waals surface area contributed by atoms with Crippen molar-refractivity contribution in [2.24, 2.45) is 5.73 Å². The molecular formula is C21H22N6. The molecule has 27 heavy (non-hydrogen) atoms. The molecule has 0 spiro atoms. The number of pyridine rings is 2. The first-order chi connectivity index (χ1) is 12.6. The summed E-state index contributed by atoms with van der Waals surface area (Å²) in [6.45, 7) is 0.554. The maximum atomic E-state index is 8.67. The van der Waals surface area contributed by atoms with Gasteiger partial charge >= 0.3 is 0 Å². The molecule has 6 nitrogen and oxygen atoms in total. The predicted octanol–water partition coefficient (Wildman–Crippen LogP) is 3.60. The van der Waals surface area contributed by atoms with E-state index in [4.69, 9.17) is 22.5 Å². The third-order valence-electron chi connectivity index (χ3n) is 4.02. The number of nitrogens with two attached hydrogens (primary N) is 3. The molecule has 0 atom stereocenters. The lowest BCUT2D eigenvalue weighted by Gasteiger charge is -2.02. The predicted molar refractivity (Wildman–Crippen MR) is 112 cm³/mol. The van der Waals surface area contributed by atoms with E-state index >= 15 is 0 Å². The van der Waals surface area contributed by atoms with Gasteiger partial charge in [-0.1, -0.05) is 19.6 Å². The molecule has 0 fully saturated rings. The largest absolute Gasteiger partial charge is 0.383 e. The lowest BCUT2D eigenvalue weighted by Crippen LogP contribution is -1.96. The van der Waals surface area contributed by atoms with Crippen LogP contribution in [0.3, 0.4) is 0 Å². The Bertz CT molecular complexity index is 1110. The van der Waals surface area contributed by atoms with Gasteiger partial charge in [0, 0.05) is 29.7 Å². The van der Waals surface area contributed by atoms with Gasteiger partial charge in [0.25, 0.3) is 0 Å². The number of rotatable bonds is 1. The van der Waals surface area contributed by atoms with E-state index in [1.807, 2.05) is 36.4 Å². The van der Waals surface area contributed by atoms with Crippen LogP contribution in [0.15, 0.2) is 60.9 Å². The second-order valence-corrected chi connectivity index (χ2v) is 5.70. The number of hydrogen-bond acceptors (Lipinski definition) is 6. The van der Waals surface area contributed by atoms with E-state index in [9.17, 15) is 0 Å². The second kappa shape index (κ2) is 8.61. The highest BCUT2D eigenvalue weighted by atomic mass is 14.8. The van der Waals surface area contributed by atoms with Gasteiger partial charge in [0.15, 0.2) is 0 Å². The van der Waals surface area contributed by atoms with Gasteiger partial charge in [-0.25, -0.2) is 9.97 Å². The van der Waals surface area contributed by atoms with Crippen molar-refractivity contribution in [1.29, 1.82) is 5.26 Å². The van der Waals surface area contributed by atoms with Gasteiger partial charge in [-0.05, 0) is 52.7 Å². The molecule has 0 aliphatic rings. The zero-order valence-electron chi connectivity index (χ0n) is 14.1. The van der Waals surface area contributed by atoms with Gasteiger partial charge in [0.1, 0.15) is 11.6 Å². The monoisotopic (exact) mass is 358 g/mol. The molecular weight excluding hydrogens is 336 g/mol. The molecule has 0 radical (unpaired) electrons. The number of hydrogen-bond donors (Lipinski definition) is 3. The van der Waals surface area contributed by atoms with Gasteiger partial charge in [-0.15, -0.1) is 0 Å². The molecule has 0 unspecified atom stereocenters. The van der Waals surface area contributed by atoms with Crippen LogP contribution in [0.5, 0.6) is 0 Å². The minimum absolute atomic E-state index is 0. The highest BCUT2D eigenvalue weighted by Gasteiger charge is 1.99. The van der Waals surface area contributed by atoms with Crippen LogP contribution in [0.1, 0.15) is 18.6 Å². The van der Waals surface area contributed by atoms with Crippen LogP contribution in [0.2, 0.25) is 0 Å². The molecule has 136 valence electrons. The van der Waals surface area contributed by atoms with E-state index in [2.05, 4.69) is 16.0 Å². The molecule has 6 N–H and O–H groups in total. The number of fused-ring (bicyclic) bond motifs is 2. The first-order valence-corrected chi connectivity index (χ1v) is 8.00. The summed E-state index contributed by atoms with van der Waals surface area (Å²) in [6, 6.07) is 17.2. The molecule has 0 aliphatic heterocycles. The van der Waals surface area contributed by atoms with Crippen molar-refractivity contribution in [3.05, 3.63) is 72.1 Å². The van der Waals surface area contributed by atoms with Crippen LogP contribution in [0.4, 0.5) is 11.6 Å². The Kier molecular flexibility index (Phi) is 6.26. The Labute approximate surface area is 158 Å². The SMILES string of the molecule is C.N#Cc1ccc2c(N)nccc2c1.NCc1ccc2c(N)nccc2c1. The van der Waals surface area contributed by atoms with E-state index in [0.29, 0.717) is 23.7 Å². The Hall–Kier alpha value is -3.69. The average molecular weight is 358 g/mol. The fourth-order valence-electron chi connectivity index (χ4n) is 2.65. The number of benzene rings is 2. The molecule has 2 aromatic heterocycles. The first kappa shape index (κ1) is 19.6. The Balaban J connectivity index is 0.000000187. The number of aromatic nitrogens is 2. The number of nitrogens with zero attached hydrogens (tertiary/aromatic N) is 3. The van der Waals surface area contributed by atoms with Gasteiger partial charge in [0.2, 0.25) is 0 Å². The average Bonchev–Trinajstić information content (AvgIpc) is 2.68. The minimum Gasteiger partial charge on any atom is -0.383 e. The van der Waals surface area contributed by atoms with E-state index < -0.39 is 0 Å². The number of nitrogen functional groups attached to an aromatic ring is 2. The van der Waals surface area contributed by atoms with Crippen LogP contribution in [-0.2, 0) is 6.54 Å². The molecule has 2 heterocycles. The molecule has 6 heteroatoms. The fourth-order valence-corrected chi connectivity index (χ4v) is 2.65. The summed E-state index contributed by atoms with van der Waals surface area (Å²) in [5.74, 6) is 1.07. The molecule has 0 aliphatic carbocycles. The Morgan fingerprint density at radius 1 is 0.815 bits per heavy atom. The van der Waals surface area contributed by atoms with Gasteiger partial charge < -0.3 is 17.2 Å². The molecule has 2 aromatic carbocycles. The molecule has 0 bridgehead atoms. The Morgan fingerprint density at radius 3 is 1.93 bits per heavy atom. The van der Waals surface area contributed by atoms with Crippen molar-refractivity contribution in [1.82, 2.24) is 9.97 Å². The van der Waals surface area contributed by atoms with E-state index in [1.165, 1.54) is 0 Å². The first-order valence-electron chi connectivity index (χ1n) is 8.00. The van der Waals surface area contributed by atoms with Crippen molar-refractivity contribution < 1.29 is 0 Å². The molecule has 4 rings (SSSR count). The maximum Gasteiger partial charge on any atom is 0.131 e. The zero-order chi connectivity index (χ0) is 18.5. The topological polar surface area (TPSA) is 128 Å². The van der Waals surface area contributed by atoms with E-state index in [0.717, 1.165) is 27.1 Å². The molecule has 0 saturated carbocycles. The van der Waals surface area contributed by atoms with Crippen LogP contribution < -0.4 is 17.2 Å². The van der Waals surface area contributed by atoms with Crippen LogP contribution in [-0.4, -0.2) is 9.97 Å². The lowest BCUT2D eigenvalue weighted by molar-refractivity contribution is 1.08. The summed E-state index contributed by atoms with van der Waals surface area (Å²) in [5, 5.41) is 12.6. The minimum atomic E-state index is 0. The summed E-state index contributed by atoms with van der Waals surface area (Å²) < 4.78 is 0. The third-order valence-corrected chi connectivity index (χ3v) is 4.02. The van der Waals surface area contributed by atoms with Crippen LogP contribution >= 0.6 is 0 Å². The Morgan fingerprint density at radius 2 is 1.37 bits per heavy atom. The molecule has 0 amide bonds. The van der Waals surface area contributed by atoms with Crippen LogP contribution in [0.25, 0.3) is 21.5 Å². The van der Waals surface area contributed by atoms with E-state index in [1.54, 1.807) is 24.5 Å². The molecule has 0 saturated heterocycles. The summed E-state index contributed by atoms with van der Waals surface area (Å²) in [4.78, 5) is 7.97. The summed E-state index contributed by atoms with van der Waals surface area (Å²) in [6.07, 6.45) is 3.34. The van der Waals surface area contributed by atoms with E-state index in [-0.39, 0.29) is 7.43 Å². The van der Waals surface area contributed by atoms with Gasteiger partial charge in [-0.2, -0.15) is 5.26 Å². The van der Waals surface area contributed by atoms with Crippen molar-refractivity contribution in [3.63, 3.8) is 0 Å². The lowest BCUT2D eigenvalue weighted by atomic mass is 10.1. The number of nitriles is 1. The standard InChI is InChI=1S/C10H11N3.C10H7N3.CH4/c2*11-6-7-1-2-9-8(5-7)3-4-13-10(9)12;/h1-5H,6,11H2,(H2,12,13);1-5H,(H2,12,13);1H4. The summed E-state index contributed by atoms with van der Waals surface area (Å²) >= 11 is 0. The van der Waals surface area contributed by atoms with Crippen molar-refractivity contribution in [2.75, 3.05) is 11.5 Å². The van der Waals surface area contributed by atoms with Crippen LogP contribution in [0, 0.1) is 11.3 Å². The third kappa shape index (κ3) is 4.29. The van der Waals surface area contributed by atoms with Gasteiger partial charge in [0.05, 0.1) is 11.6 Å². The second-order valence-electron chi connectivity index (χ2n) is 5.70. The van der Waals surface area contributed by atoms with Gasteiger partial charge in [-0.3, -0.25) is 0 Å². The maximum absolute atomic E-state index is 8.67. The highest BCUT2D eigenvalue weighted by molar-refractivity contribution is 5.92. The highest BCUT2D eigenvalue weighted by Crippen LogP contribution is 2.20. The van der Waals surface area contributed by atoms with Crippen molar-refractivity contribution in [3.8, 4) is 6.07 Å². The smallest absolute Gasteiger partial charge is 0.131 e. The zero-order valence-corrected chi connectivity index (χ0v) is 14.1. The normalized spacial score (nSPS) is 9.78. The van der Waals surface area contributed by atoms with Crippen molar-refractivity contribution >= 4 is 33.2 Å².